The SMILES string of the molecule is CC(=O)OCC1S[C@@H]2CC(=O)N2C1C(=O)OCc1ccc([N+](=O)[O-])cc1. The number of hydrogen-bond donors (Lipinski definition) is 0. The minimum absolute atomic E-state index is 0.0254. The van der Waals surface area contributed by atoms with Gasteiger partial charge in [0.1, 0.15) is 19.3 Å². The molecular weight excluding hydrogens is 364 g/mol. The lowest BCUT2D eigenvalue weighted by Gasteiger charge is -2.36. The van der Waals surface area contributed by atoms with Crippen LogP contribution in [0.1, 0.15) is 18.9 Å². The van der Waals surface area contributed by atoms with Crippen LogP contribution in [0.5, 0.6) is 0 Å². The number of nitro benzene ring substituents is 1. The minimum Gasteiger partial charge on any atom is -0.465 e. The number of nitrogens with zero attached hydrogens (tertiary/aromatic N) is 2. The molecule has 0 N–H and O–H groups in total. The zero-order chi connectivity index (χ0) is 18.8. The molecule has 2 aliphatic rings. The fraction of sp³-hybridized carbons (Fsp3) is 0.438. The standard InChI is InChI=1S/C16H16N2O7S/c1-9(19)24-8-12-15(17-13(20)6-14(17)26-12)16(21)25-7-10-2-4-11(5-3-10)18(22)23/h2-5,12,14-15H,6-8H2,1H3/t12?,14-,15?/m1/s1. The highest BCUT2D eigenvalue weighted by Crippen LogP contribution is 2.44. The molecule has 2 heterocycles. The van der Waals surface area contributed by atoms with E-state index in [1.165, 1.54) is 47.9 Å². The van der Waals surface area contributed by atoms with Crippen LogP contribution in [0.4, 0.5) is 5.69 Å². The number of rotatable bonds is 6. The molecule has 26 heavy (non-hydrogen) atoms. The molecule has 0 aromatic heterocycles. The first kappa shape index (κ1) is 18.2. The van der Waals surface area contributed by atoms with E-state index in [4.69, 9.17) is 9.47 Å². The molecule has 2 aliphatic heterocycles. The molecule has 2 unspecified atom stereocenters. The Balaban J connectivity index is 1.63. The molecular formula is C16H16N2O7S. The second kappa shape index (κ2) is 7.32. The van der Waals surface area contributed by atoms with Crippen molar-refractivity contribution in [3.05, 3.63) is 39.9 Å². The van der Waals surface area contributed by atoms with Gasteiger partial charge in [-0.2, -0.15) is 0 Å². The van der Waals surface area contributed by atoms with Crippen molar-refractivity contribution in [2.75, 3.05) is 6.61 Å². The molecule has 10 heteroatoms. The Bertz CT molecular complexity index is 751. The Morgan fingerprint density at radius 1 is 1.31 bits per heavy atom. The van der Waals surface area contributed by atoms with Crippen LogP contribution >= 0.6 is 11.8 Å². The maximum absolute atomic E-state index is 12.5. The number of benzene rings is 1. The van der Waals surface area contributed by atoms with Gasteiger partial charge in [0.2, 0.25) is 5.91 Å². The van der Waals surface area contributed by atoms with E-state index < -0.39 is 22.9 Å². The average Bonchev–Trinajstić information content (AvgIpc) is 2.90. The van der Waals surface area contributed by atoms with Crippen molar-refractivity contribution in [3.63, 3.8) is 0 Å². The summed E-state index contributed by atoms with van der Waals surface area (Å²) >= 11 is 1.42. The number of carbonyl (C=O) groups excluding carboxylic acids is 3. The van der Waals surface area contributed by atoms with Gasteiger partial charge in [0, 0.05) is 19.1 Å². The number of amides is 1. The zero-order valence-electron chi connectivity index (χ0n) is 13.8. The van der Waals surface area contributed by atoms with Crippen molar-refractivity contribution in [2.24, 2.45) is 0 Å². The summed E-state index contributed by atoms with van der Waals surface area (Å²) in [5.74, 6) is -1.17. The molecule has 2 fully saturated rings. The lowest BCUT2D eigenvalue weighted by Crippen LogP contribution is -2.56. The van der Waals surface area contributed by atoms with Crippen molar-refractivity contribution in [2.45, 2.75) is 36.6 Å². The second-order valence-electron chi connectivity index (χ2n) is 5.91. The van der Waals surface area contributed by atoms with Crippen LogP contribution in [0.15, 0.2) is 24.3 Å². The number of non-ortho nitro benzene ring substituents is 1. The van der Waals surface area contributed by atoms with Crippen LogP contribution in [0, 0.1) is 10.1 Å². The molecule has 1 aromatic rings. The zero-order valence-corrected chi connectivity index (χ0v) is 14.6. The Labute approximate surface area is 152 Å². The number of esters is 2. The number of fused-ring (bicyclic) bond motifs is 1. The lowest BCUT2D eigenvalue weighted by molar-refractivity contribution is -0.384. The van der Waals surface area contributed by atoms with Crippen molar-refractivity contribution >= 4 is 35.3 Å². The van der Waals surface area contributed by atoms with E-state index in [9.17, 15) is 24.5 Å². The molecule has 138 valence electrons. The molecule has 0 bridgehead atoms. The third kappa shape index (κ3) is 3.64. The van der Waals surface area contributed by atoms with Gasteiger partial charge >= 0.3 is 11.9 Å². The predicted octanol–water partition coefficient (Wildman–Crippen LogP) is 1.24. The number of nitro groups is 1. The maximum atomic E-state index is 12.5. The molecule has 0 radical (unpaired) electrons. The summed E-state index contributed by atoms with van der Waals surface area (Å²) in [6, 6.07) is 4.86. The van der Waals surface area contributed by atoms with Crippen LogP contribution in [0.2, 0.25) is 0 Å². The summed E-state index contributed by atoms with van der Waals surface area (Å²) in [7, 11) is 0. The third-order valence-corrected chi connectivity index (χ3v) is 5.60. The number of ether oxygens (including phenoxy) is 2. The number of hydrogen-bond acceptors (Lipinski definition) is 8. The lowest BCUT2D eigenvalue weighted by atomic mass is 10.1. The molecule has 0 saturated carbocycles. The van der Waals surface area contributed by atoms with E-state index in [1.54, 1.807) is 0 Å². The van der Waals surface area contributed by atoms with Gasteiger partial charge in [-0.25, -0.2) is 4.79 Å². The average molecular weight is 380 g/mol. The highest BCUT2D eigenvalue weighted by atomic mass is 32.2. The number of carbonyl (C=O) groups is 3. The quantitative estimate of drug-likeness (QED) is 0.313. The van der Waals surface area contributed by atoms with Crippen LogP contribution < -0.4 is 0 Å². The highest BCUT2D eigenvalue weighted by molar-refractivity contribution is 8.01. The van der Waals surface area contributed by atoms with Gasteiger partial charge in [-0.3, -0.25) is 19.7 Å². The Hall–Kier alpha value is -2.62. The number of thioether (sulfide) groups is 1. The summed E-state index contributed by atoms with van der Waals surface area (Å²) in [5, 5.41) is 10.2. The molecule has 1 aromatic carbocycles. The van der Waals surface area contributed by atoms with E-state index >= 15 is 0 Å². The van der Waals surface area contributed by atoms with Gasteiger partial charge in [-0.1, -0.05) is 0 Å². The minimum atomic E-state index is -0.802. The fourth-order valence-electron chi connectivity index (χ4n) is 2.85. The normalized spacial score (nSPS) is 23.8. The molecule has 0 aliphatic carbocycles. The van der Waals surface area contributed by atoms with Crippen LogP contribution in [0.3, 0.4) is 0 Å². The summed E-state index contributed by atoms with van der Waals surface area (Å²) in [4.78, 5) is 47.0. The summed E-state index contributed by atoms with van der Waals surface area (Å²) in [6.45, 7) is 1.24. The largest absolute Gasteiger partial charge is 0.465 e. The molecule has 2 saturated heterocycles. The van der Waals surface area contributed by atoms with E-state index in [0.29, 0.717) is 12.0 Å². The van der Waals surface area contributed by atoms with E-state index in [-0.39, 0.29) is 35.4 Å². The first-order chi connectivity index (χ1) is 12.4. The van der Waals surface area contributed by atoms with Gasteiger partial charge in [-0.05, 0) is 17.7 Å². The smallest absolute Gasteiger partial charge is 0.330 e. The maximum Gasteiger partial charge on any atom is 0.330 e. The fourth-order valence-corrected chi connectivity index (χ4v) is 4.41. The Morgan fingerprint density at radius 2 is 2.00 bits per heavy atom. The summed E-state index contributed by atoms with van der Waals surface area (Å²) in [6.07, 6.45) is 0.355. The van der Waals surface area contributed by atoms with Crippen LogP contribution in [-0.4, -0.2) is 50.9 Å². The molecule has 9 nitrogen and oxygen atoms in total. The van der Waals surface area contributed by atoms with Crippen molar-refractivity contribution in [1.82, 2.24) is 4.90 Å². The van der Waals surface area contributed by atoms with Crippen molar-refractivity contribution in [3.8, 4) is 0 Å². The van der Waals surface area contributed by atoms with Gasteiger partial charge < -0.3 is 14.4 Å². The van der Waals surface area contributed by atoms with E-state index in [1.807, 2.05) is 0 Å². The topological polar surface area (TPSA) is 116 Å². The third-order valence-electron chi connectivity index (χ3n) is 4.15. The van der Waals surface area contributed by atoms with Crippen molar-refractivity contribution in [1.29, 1.82) is 0 Å². The second-order valence-corrected chi connectivity index (χ2v) is 7.33. The van der Waals surface area contributed by atoms with Gasteiger partial charge in [-0.15, -0.1) is 11.8 Å². The van der Waals surface area contributed by atoms with Gasteiger partial charge in [0.25, 0.3) is 5.69 Å². The Kier molecular flexibility index (Phi) is 5.12. The van der Waals surface area contributed by atoms with E-state index in [0.717, 1.165) is 0 Å². The molecule has 0 spiro atoms. The molecule has 3 atom stereocenters. The Morgan fingerprint density at radius 3 is 2.58 bits per heavy atom. The summed E-state index contributed by atoms with van der Waals surface area (Å²) < 4.78 is 10.3. The first-order valence-corrected chi connectivity index (χ1v) is 8.81. The molecule has 1 amide bonds. The van der Waals surface area contributed by atoms with Crippen LogP contribution in [-0.2, 0) is 30.5 Å². The van der Waals surface area contributed by atoms with E-state index in [2.05, 4.69) is 0 Å². The predicted molar refractivity (Wildman–Crippen MR) is 89.9 cm³/mol. The first-order valence-electron chi connectivity index (χ1n) is 7.87. The number of β-lactam (4-membered cyclic amide) rings is 1. The van der Waals surface area contributed by atoms with Crippen LogP contribution in [0.25, 0.3) is 0 Å². The van der Waals surface area contributed by atoms with Gasteiger partial charge in [0.15, 0.2) is 0 Å². The highest BCUT2D eigenvalue weighted by Gasteiger charge is 2.55. The monoisotopic (exact) mass is 380 g/mol. The molecule has 3 rings (SSSR count). The van der Waals surface area contributed by atoms with Crippen molar-refractivity contribution < 1.29 is 28.8 Å². The van der Waals surface area contributed by atoms with Gasteiger partial charge in [0.05, 0.1) is 22.0 Å². The summed E-state index contributed by atoms with van der Waals surface area (Å²) in [5.41, 5.74) is 0.542.